The number of aliphatic hydroxyl groups excluding tert-OH is 5. The number of hydrogen-bond acceptors (Lipinski definition) is 15. The largest absolute Gasteiger partial charge is 0.507 e. The van der Waals surface area contributed by atoms with E-state index in [1.54, 1.807) is 24.7 Å². The van der Waals surface area contributed by atoms with Gasteiger partial charge in [0.1, 0.15) is 47.9 Å². The molecule has 2 heterocycles. The van der Waals surface area contributed by atoms with Crippen molar-refractivity contribution in [1.29, 1.82) is 0 Å². The normalized spacial score (nSPS) is 33.0. The first-order valence-corrected chi connectivity index (χ1v) is 14.3. The molecule has 2 aliphatic rings. The predicted octanol–water partition coefficient (Wildman–Crippen LogP) is -5.65. The SMILES string of the molecule is C[NH2+]C1C(O)OC(CO)C(COCC2OC(CO)C(O)C(OC(C)C(=O)OCOC(=O)c3cc(N)ccc3O)C2[NH2+]C)C1O. The lowest BCUT2D eigenvalue weighted by Gasteiger charge is -2.43. The molecule has 0 aliphatic carbocycles. The molecule has 0 spiro atoms. The number of phenols is 1. The molecule has 17 heteroatoms. The quantitative estimate of drug-likeness (QED) is 0.0399. The van der Waals surface area contributed by atoms with Crippen LogP contribution in [0, 0.1) is 5.92 Å². The smallest absolute Gasteiger partial charge is 0.344 e. The van der Waals surface area contributed by atoms with Crippen LogP contribution in [-0.2, 0) is 33.2 Å². The summed E-state index contributed by atoms with van der Waals surface area (Å²) in [5, 5.41) is 64.4. The van der Waals surface area contributed by atoms with Gasteiger partial charge in [0, 0.05) is 11.6 Å². The van der Waals surface area contributed by atoms with Gasteiger partial charge in [0.2, 0.25) is 13.1 Å². The summed E-state index contributed by atoms with van der Waals surface area (Å²) in [5.74, 6) is -2.92. The topological polar surface area (TPSA) is 270 Å². The molecule has 0 aromatic heterocycles. The van der Waals surface area contributed by atoms with Gasteiger partial charge in [-0.15, -0.1) is 0 Å². The van der Waals surface area contributed by atoms with Crippen molar-refractivity contribution >= 4 is 17.6 Å². The van der Waals surface area contributed by atoms with Crippen LogP contribution < -0.4 is 16.4 Å². The Bertz CT molecular complexity index is 1080. The number of likely N-dealkylation sites (N-methyl/N-ethyl adjacent to an activating group) is 2. The van der Waals surface area contributed by atoms with Gasteiger partial charge in [-0.25, -0.2) is 9.59 Å². The monoisotopic (exact) mass is 635 g/mol. The number of nitrogens with two attached hydrogens (primary N) is 3. The lowest BCUT2D eigenvalue weighted by Crippen LogP contribution is -2.94. The van der Waals surface area contributed by atoms with Crippen LogP contribution >= 0.6 is 0 Å². The van der Waals surface area contributed by atoms with Crippen LogP contribution in [0.15, 0.2) is 18.2 Å². The first-order chi connectivity index (χ1) is 21.0. The van der Waals surface area contributed by atoms with Gasteiger partial charge in [-0.05, 0) is 25.1 Å². The number of rotatable bonds is 14. The van der Waals surface area contributed by atoms with E-state index in [2.05, 4.69) is 0 Å². The Kier molecular flexibility index (Phi) is 13.5. The molecule has 11 unspecified atom stereocenters. The van der Waals surface area contributed by atoms with Crippen molar-refractivity contribution in [3.8, 4) is 5.75 Å². The number of carbonyl (C=O) groups excluding carboxylic acids is 2. The summed E-state index contributed by atoms with van der Waals surface area (Å²) in [7, 11) is 3.37. The van der Waals surface area contributed by atoms with Crippen molar-refractivity contribution in [2.75, 3.05) is 53.0 Å². The lowest BCUT2D eigenvalue weighted by atomic mass is 9.88. The summed E-state index contributed by atoms with van der Waals surface area (Å²) >= 11 is 0. The molecule has 17 nitrogen and oxygen atoms in total. The molecular formula is C27H45N3O14+2. The van der Waals surface area contributed by atoms with E-state index in [1.165, 1.54) is 25.1 Å². The number of hydrogen-bond donors (Lipinski definition) is 9. The summed E-state index contributed by atoms with van der Waals surface area (Å²) in [6.45, 7) is -0.561. The Hall–Kier alpha value is -2.68. The van der Waals surface area contributed by atoms with E-state index in [-0.39, 0.29) is 30.2 Å². The molecular weight excluding hydrogens is 590 g/mol. The maximum absolute atomic E-state index is 12.6. The lowest BCUT2D eigenvalue weighted by molar-refractivity contribution is -0.694. The van der Waals surface area contributed by atoms with E-state index in [0.717, 1.165) is 0 Å². The van der Waals surface area contributed by atoms with Crippen molar-refractivity contribution in [1.82, 2.24) is 0 Å². The molecule has 12 N–H and O–H groups in total. The van der Waals surface area contributed by atoms with Gasteiger partial charge in [0.15, 0.2) is 12.1 Å². The Morgan fingerprint density at radius 1 is 0.955 bits per heavy atom. The van der Waals surface area contributed by atoms with Crippen molar-refractivity contribution < 1.29 is 79.3 Å². The second kappa shape index (κ2) is 16.6. The standard InChI is InChI=1S/C27H43N3O14/c1-12(25(36)40-11-41-26(37)14-6-13(28)4-5-16(14)33)42-24-20(29-2)19(43-18(8-32)23(24)35)10-39-9-15-17(7-31)44-27(38)21(30-3)22(15)34/h4-6,12,15,17-24,27,29-35,38H,7-11,28H2,1-3H3/p+2. The predicted molar refractivity (Wildman–Crippen MR) is 147 cm³/mol. The zero-order valence-electron chi connectivity index (χ0n) is 24.8. The number of nitrogen functional groups attached to an aromatic ring is 1. The Labute approximate surface area is 253 Å². The number of carbonyl (C=O) groups is 2. The number of aromatic hydroxyl groups is 1. The molecule has 1 aromatic rings. The number of benzene rings is 1. The Morgan fingerprint density at radius 3 is 2.27 bits per heavy atom. The van der Waals surface area contributed by atoms with Gasteiger partial charge in [-0.3, -0.25) is 0 Å². The van der Waals surface area contributed by atoms with Crippen molar-refractivity contribution in [3.05, 3.63) is 23.8 Å². The third kappa shape index (κ3) is 8.52. The highest BCUT2D eigenvalue weighted by Gasteiger charge is 2.50. The third-order valence-electron chi connectivity index (χ3n) is 7.88. The van der Waals surface area contributed by atoms with Gasteiger partial charge in [0.25, 0.3) is 0 Å². The Balaban J connectivity index is 1.58. The van der Waals surface area contributed by atoms with Crippen LogP contribution in [0.1, 0.15) is 17.3 Å². The molecule has 250 valence electrons. The molecule has 44 heavy (non-hydrogen) atoms. The van der Waals surface area contributed by atoms with Gasteiger partial charge in [-0.1, -0.05) is 0 Å². The minimum Gasteiger partial charge on any atom is -0.507 e. The van der Waals surface area contributed by atoms with Crippen LogP contribution in [0.4, 0.5) is 5.69 Å². The second-order valence-electron chi connectivity index (χ2n) is 10.7. The fraction of sp³-hybridized carbons (Fsp3) is 0.704. The molecule has 0 radical (unpaired) electrons. The van der Waals surface area contributed by atoms with Crippen molar-refractivity contribution in [2.24, 2.45) is 5.92 Å². The highest BCUT2D eigenvalue weighted by atomic mass is 16.7. The van der Waals surface area contributed by atoms with E-state index in [4.69, 9.17) is 34.2 Å². The summed E-state index contributed by atoms with van der Waals surface area (Å²) in [6.07, 6.45) is -8.66. The summed E-state index contributed by atoms with van der Waals surface area (Å²) in [4.78, 5) is 24.8. The molecule has 0 saturated carbocycles. The minimum absolute atomic E-state index is 0.0631. The highest BCUT2D eigenvalue weighted by Crippen LogP contribution is 2.27. The van der Waals surface area contributed by atoms with Gasteiger partial charge in [0.05, 0.1) is 46.6 Å². The fourth-order valence-corrected chi connectivity index (χ4v) is 5.38. The summed E-state index contributed by atoms with van der Waals surface area (Å²) in [5.41, 5.74) is 5.62. The number of ether oxygens (including phenoxy) is 6. The first kappa shape index (κ1) is 35.8. The summed E-state index contributed by atoms with van der Waals surface area (Å²) in [6, 6.07) is 2.50. The molecule has 2 fully saturated rings. The average Bonchev–Trinajstić information content (AvgIpc) is 3.00. The fourth-order valence-electron chi connectivity index (χ4n) is 5.38. The third-order valence-corrected chi connectivity index (χ3v) is 7.88. The summed E-state index contributed by atoms with van der Waals surface area (Å²) < 4.78 is 32.9. The van der Waals surface area contributed by atoms with E-state index < -0.39 is 99.0 Å². The molecule has 0 bridgehead atoms. The number of esters is 2. The number of anilines is 1. The van der Waals surface area contributed by atoms with E-state index >= 15 is 0 Å². The van der Waals surface area contributed by atoms with Crippen molar-refractivity contribution in [3.63, 3.8) is 0 Å². The van der Waals surface area contributed by atoms with Gasteiger partial charge < -0.3 is 75.4 Å². The maximum atomic E-state index is 12.6. The van der Waals surface area contributed by atoms with E-state index in [1.807, 2.05) is 0 Å². The first-order valence-electron chi connectivity index (χ1n) is 14.3. The Morgan fingerprint density at radius 2 is 1.64 bits per heavy atom. The highest BCUT2D eigenvalue weighted by molar-refractivity contribution is 5.93. The zero-order chi connectivity index (χ0) is 32.6. The number of aliphatic hydroxyl groups is 5. The number of phenolic OH excluding ortho intramolecular Hbond substituents is 1. The van der Waals surface area contributed by atoms with E-state index in [9.17, 15) is 40.2 Å². The van der Waals surface area contributed by atoms with Gasteiger partial charge >= 0.3 is 11.9 Å². The van der Waals surface area contributed by atoms with Crippen LogP contribution in [0.25, 0.3) is 0 Å². The van der Waals surface area contributed by atoms with Crippen molar-refractivity contribution in [2.45, 2.75) is 68.0 Å². The van der Waals surface area contributed by atoms with Crippen LogP contribution in [0.3, 0.4) is 0 Å². The maximum Gasteiger partial charge on any atom is 0.344 e. The molecule has 2 aliphatic heterocycles. The second-order valence-corrected chi connectivity index (χ2v) is 10.7. The van der Waals surface area contributed by atoms with Gasteiger partial charge in [-0.2, -0.15) is 0 Å². The molecule has 3 rings (SSSR count). The van der Waals surface area contributed by atoms with E-state index in [0.29, 0.717) is 0 Å². The van der Waals surface area contributed by atoms with Crippen LogP contribution in [0.2, 0.25) is 0 Å². The average molecular weight is 636 g/mol. The molecule has 1 aromatic carbocycles. The molecule has 11 atom stereocenters. The molecule has 0 amide bonds. The molecule has 2 saturated heterocycles. The van der Waals surface area contributed by atoms with Crippen LogP contribution in [0.5, 0.6) is 5.75 Å². The van der Waals surface area contributed by atoms with Crippen LogP contribution in [-0.4, -0.2) is 151 Å². The zero-order valence-corrected chi connectivity index (χ0v) is 24.8. The minimum atomic E-state index is -1.34. The number of quaternary nitrogens is 2.